The van der Waals surface area contributed by atoms with Gasteiger partial charge in [0.25, 0.3) is 11.8 Å². The van der Waals surface area contributed by atoms with Crippen LogP contribution in [0.3, 0.4) is 0 Å². The van der Waals surface area contributed by atoms with Crippen molar-refractivity contribution in [3.63, 3.8) is 0 Å². The second-order valence-corrected chi connectivity index (χ2v) is 3.35. The lowest BCUT2D eigenvalue weighted by molar-refractivity contribution is -0.120. The van der Waals surface area contributed by atoms with Crippen LogP contribution < -0.4 is 16.6 Å². The molecule has 0 fully saturated rings. The first-order valence-electron chi connectivity index (χ1n) is 3.76. The predicted molar refractivity (Wildman–Crippen MR) is 53.2 cm³/mol. The quantitative estimate of drug-likeness (QED) is 0.540. The molecule has 1 aromatic heterocycles. The Hall–Kier alpha value is -1.34. The van der Waals surface area contributed by atoms with Gasteiger partial charge in [-0.2, -0.15) is 0 Å². The van der Waals surface area contributed by atoms with Crippen LogP contribution in [0.15, 0.2) is 16.7 Å². The normalized spacial score (nSPS) is 9.57. The van der Waals surface area contributed by atoms with E-state index in [1.165, 1.54) is 0 Å². The number of nitrogens with two attached hydrogens (primary N) is 1. The Balaban J connectivity index is 2.47. The van der Waals surface area contributed by atoms with E-state index in [0.29, 0.717) is 5.69 Å². The molecule has 0 saturated carbocycles. The topological polar surface area (TPSA) is 100 Å². The number of nitrogens with one attached hydrogen (secondary N) is 3. The molecule has 0 aromatic carbocycles. The largest absolute Gasteiger partial charge is 0.356 e. The number of hydrazine groups is 1. The first-order chi connectivity index (χ1) is 6.63. The molecule has 76 valence electrons. The minimum Gasteiger partial charge on any atom is -0.356 e. The first kappa shape index (κ1) is 10.7. The summed E-state index contributed by atoms with van der Waals surface area (Å²) in [5.41, 5.74) is 9.70. The number of amides is 2. The van der Waals surface area contributed by atoms with Crippen molar-refractivity contribution in [2.24, 2.45) is 5.73 Å². The summed E-state index contributed by atoms with van der Waals surface area (Å²) in [5, 5.41) is 0. The van der Waals surface area contributed by atoms with Crippen molar-refractivity contribution in [2.45, 2.75) is 0 Å². The maximum Gasteiger partial charge on any atom is 0.286 e. The first-order valence-corrected chi connectivity index (χ1v) is 4.56. The molecule has 0 aliphatic heterocycles. The molecule has 0 spiro atoms. The number of hydrogen-bond donors (Lipinski definition) is 4. The Morgan fingerprint density at radius 3 is 2.71 bits per heavy atom. The van der Waals surface area contributed by atoms with Crippen LogP contribution in [0.2, 0.25) is 0 Å². The number of rotatable bonds is 2. The maximum atomic E-state index is 11.3. The Bertz CT molecular complexity index is 349. The summed E-state index contributed by atoms with van der Waals surface area (Å²) in [7, 11) is 0. The molecule has 0 aliphatic carbocycles. The van der Waals surface area contributed by atoms with Gasteiger partial charge in [-0.05, 0) is 22.0 Å². The monoisotopic (exact) mass is 260 g/mol. The highest BCUT2D eigenvalue weighted by Gasteiger charge is 2.07. The standard InChI is InChI=1S/C7H9BrN4O2/c8-4-1-5(10-3-4)7(14)12-11-6(13)2-9/h1,3,10H,2,9H2,(H,11,13)(H,12,14). The molecule has 1 aromatic rings. The molecular formula is C7H9BrN4O2. The van der Waals surface area contributed by atoms with Gasteiger partial charge in [0.1, 0.15) is 5.69 Å². The highest BCUT2D eigenvalue weighted by Crippen LogP contribution is 2.09. The van der Waals surface area contributed by atoms with Crippen molar-refractivity contribution in [1.82, 2.24) is 15.8 Å². The molecule has 6 nitrogen and oxygen atoms in total. The third kappa shape index (κ3) is 2.86. The van der Waals surface area contributed by atoms with E-state index in [0.717, 1.165) is 4.47 Å². The van der Waals surface area contributed by atoms with Gasteiger partial charge in [0.05, 0.1) is 6.54 Å². The second kappa shape index (κ2) is 4.77. The van der Waals surface area contributed by atoms with Crippen molar-refractivity contribution < 1.29 is 9.59 Å². The molecular weight excluding hydrogens is 252 g/mol. The van der Waals surface area contributed by atoms with E-state index < -0.39 is 11.8 Å². The van der Waals surface area contributed by atoms with E-state index in [4.69, 9.17) is 5.73 Å². The van der Waals surface area contributed by atoms with E-state index in [-0.39, 0.29) is 6.54 Å². The molecule has 0 unspecified atom stereocenters. The van der Waals surface area contributed by atoms with Crippen LogP contribution in [0.25, 0.3) is 0 Å². The van der Waals surface area contributed by atoms with E-state index in [2.05, 4.69) is 31.8 Å². The molecule has 0 atom stereocenters. The number of carbonyl (C=O) groups is 2. The summed E-state index contributed by atoms with van der Waals surface area (Å²) in [6, 6.07) is 1.59. The summed E-state index contributed by atoms with van der Waals surface area (Å²) in [6.45, 7) is -0.172. The summed E-state index contributed by atoms with van der Waals surface area (Å²) < 4.78 is 0.757. The van der Waals surface area contributed by atoms with Gasteiger partial charge in [-0.3, -0.25) is 20.4 Å². The molecule has 0 radical (unpaired) electrons. The Morgan fingerprint density at radius 2 is 2.21 bits per heavy atom. The van der Waals surface area contributed by atoms with E-state index in [1.54, 1.807) is 12.3 Å². The van der Waals surface area contributed by atoms with Gasteiger partial charge in [0.2, 0.25) is 0 Å². The van der Waals surface area contributed by atoms with Gasteiger partial charge in [-0.15, -0.1) is 0 Å². The highest BCUT2D eigenvalue weighted by molar-refractivity contribution is 9.10. The number of halogens is 1. The molecule has 0 saturated heterocycles. The lowest BCUT2D eigenvalue weighted by atomic mass is 10.4. The molecule has 5 N–H and O–H groups in total. The Morgan fingerprint density at radius 1 is 1.50 bits per heavy atom. The van der Waals surface area contributed by atoms with E-state index in [1.807, 2.05) is 0 Å². The zero-order chi connectivity index (χ0) is 10.6. The van der Waals surface area contributed by atoms with Crippen molar-refractivity contribution in [3.8, 4) is 0 Å². The minimum atomic E-state index is -0.455. The average molecular weight is 261 g/mol. The smallest absolute Gasteiger partial charge is 0.286 e. The number of carbonyl (C=O) groups excluding carboxylic acids is 2. The molecule has 14 heavy (non-hydrogen) atoms. The summed E-state index contributed by atoms with van der Waals surface area (Å²) in [4.78, 5) is 24.6. The Kier molecular flexibility index (Phi) is 3.66. The van der Waals surface area contributed by atoms with Crippen LogP contribution in [0, 0.1) is 0 Å². The predicted octanol–water partition coefficient (Wildman–Crippen LogP) is -0.503. The van der Waals surface area contributed by atoms with Crippen molar-refractivity contribution >= 4 is 27.7 Å². The number of H-pyrrole nitrogens is 1. The van der Waals surface area contributed by atoms with E-state index in [9.17, 15) is 9.59 Å². The molecule has 0 aliphatic rings. The maximum absolute atomic E-state index is 11.3. The molecule has 0 bridgehead atoms. The SMILES string of the molecule is NCC(=O)NNC(=O)c1cc(Br)c[nH]1. The van der Waals surface area contributed by atoms with Gasteiger partial charge >= 0.3 is 0 Å². The van der Waals surface area contributed by atoms with E-state index >= 15 is 0 Å². The number of aromatic amines is 1. The van der Waals surface area contributed by atoms with Gasteiger partial charge < -0.3 is 10.7 Å². The fraction of sp³-hybridized carbons (Fsp3) is 0.143. The lowest BCUT2D eigenvalue weighted by Crippen LogP contribution is -2.44. The van der Waals surface area contributed by atoms with Crippen LogP contribution in [0.1, 0.15) is 10.5 Å². The van der Waals surface area contributed by atoms with Gasteiger partial charge in [0, 0.05) is 10.7 Å². The second-order valence-electron chi connectivity index (χ2n) is 2.44. The molecule has 7 heteroatoms. The van der Waals surface area contributed by atoms with Crippen LogP contribution >= 0.6 is 15.9 Å². The molecule has 2 amide bonds. The fourth-order valence-corrected chi connectivity index (χ4v) is 1.09. The molecule has 1 heterocycles. The third-order valence-corrected chi connectivity index (χ3v) is 1.85. The van der Waals surface area contributed by atoms with Crippen LogP contribution in [0.5, 0.6) is 0 Å². The number of hydrogen-bond acceptors (Lipinski definition) is 3. The summed E-state index contributed by atoms with van der Waals surface area (Å²) >= 11 is 3.18. The van der Waals surface area contributed by atoms with Crippen LogP contribution in [-0.4, -0.2) is 23.3 Å². The lowest BCUT2D eigenvalue weighted by Gasteiger charge is -2.03. The van der Waals surface area contributed by atoms with Crippen LogP contribution in [0.4, 0.5) is 0 Å². The number of aromatic nitrogens is 1. The Labute approximate surface area is 88.3 Å². The zero-order valence-electron chi connectivity index (χ0n) is 7.13. The van der Waals surface area contributed by atoms with Gasteiger partial charge in [0.15, 0.2) is 0 Å². The van der Waals surface area contributed by atoms with Crippen molar-refractivity contribution in [2.75, 3.05) is 6.54 Å². The highest BCUT2D eigenvalue weighted by atomic mass is 79.9. The molecule has 1 rings (SSSR count). The summed E-state index contributed by atoms with van der Waals surface area (Å²) in [6.07, 6.45) is 1.61. The zero-order valence-corrected chi connectivity index (χ0v) is 8.72. The van der Waals surface area contributed by atoms with Crippen LogP contribution in [-0.2, 0) is 4.79 Å². The average Bonchev–Trinajstić information content (AvgIpc) is 2.60. The minimum absolute atomic E-state index is 0.172. The van der Waals surface area contributed by atoms with Gasteiger partial charge in [-0.1, -0.05) is 0 Å². The summed E-state index contributed by atoms with van der Waals surface area (Å²) in [5.74, 6) is -0.888. The van der Waals surface area contributed by atoms with Crippen molar-refractivity contribution in [1.29, 1.82) is 0 Å². The van der Waals surface area contributed by atoms with Crippen molar-refractivity contribution in [3.05, 3.63) is 22.4 Å². The van der Waals surface area contributed by atoms with Gasteiger partial charge in [-0.25, -0.2) is 0 Å². The fourth-order valence-electron chi connectivity index (χ4n) is 0.744. The third-order valence-electron chi connectivity index (χ3n) is 1.39.